The molecule has 0 unspecified atom stereocenters. The summed E-state index contributed by atoms with van der Waals surface area (Å²) in [7, 11) is 0. The number of aldehydes is 1. The highest BCUT2D eigenvalue weighted by Gasteiger charge is 2.15. The second-order valence-electron chi connectivity index (χ2n) is 4.01. The van der Waals surface area contributed by atoms with Crippen molar-refractivity contribution in [2.45, 2.75) is 6.92 Å². The standard InChI is InChI=1S/C13H9ClN4O/c1-8-16-12(9(7-19)13(14)17-8)10-3-2-4-11-15-5-6-18(10)11/h2-7H,1H3. The Morgan fingerprint density at radius 1 is 1.32 bits per heavy atom. The number of imidazole rings is 1. The third kappa shape index (κ3) is 1.88. The quantitative estimate of drug-likeness (QED) is 0.531. The van der Waals surface area contributed by atoms with Crippen LogP contribution in [0.5, 0.6) is 0 Å². The van der Waals surface area contributed by atoms with Crippen LogP contribution in [0.3, 0.4) is 0 Å². The summed E-state index contributed by atoms with van der Waals surface area (Å²) in [4.78, 5) is 23.7. The second-order valence-corrected chi connectivity index (χ2v) is 4.37. The number of hydrogen-bond acceptors (Lipinski definition) is 4. The van der Waals surface area contributed by atoms with Crippen LogP contribution in [-0.4, -0.2) is 25.6 Å². The minimum atomic E-state index is 0.162. The topological polar surface area (TPSA) is 60.2 Å². The Labute approximate surface area is 113 Å². The number of halogens is 1. The first-order valence-corrected chi connectivity index (χ1v) is 6.00. The van der Waals surface area contributed by atoms with Crippen molar-refractivity contribution < 1.29 is 4.79 Å². The molecular weight excluding hydrogens is 264 g/mol. The Kier molecular flexibility index (Phi) is 2.76. The summed E-state index contributed by atoms with van der Waals surface area (Å²) in [6.07, 6.45) is 4.17. The molecule has 94 valence electrons. The van der Waals surface area contributed by atoms with Crippen LogP contribution in [0.1, 0.15) is 16.2 Å². The molecule has 3 rings (SSSR count). The minimum absolute atomic E-state index is 0.162. The van der Waals surface area contributed by atoms with Crippen LogP contribution in [0.15, 0.2) is 30.6 Å². The van der Waals surface area contributed by atoms with Gasteiger partial charge in [0.05, 0.1) is 11.3 Å². The van der Waals surface area contributed by atoms with Gasteiger partial charge in [0.25, 0.3) is 0 Å². The van der Waals surface area contributed by atoms with Crippen molar-refractivity contribution in [1.29, 1.82) is 0 Å². The van der Waals surface area contributed by atoms with Crippen LogP contribution in [0, 0.1) is 6.92 Å². The fourth-order valence-corrected chi connectivity index (χ4v) is 2.24. The van der Waals surface area contributed by atoms with Crippen molar-refractivity contribution in [3.05, 3.63) is 47.1 Å². The van der Waals surface area contributed by atoms with Gasteiger partial charge in [0.2, 0.25) is 0 Å². The average Bonchev–Trinajstić information content (AvgIpc) is 2.85. The Hall–Kier alpha value is -2.27. The van der Waals surface area contributed by atoms with Gasteiger partial charge in [-0.15, -0.1) is 0 Å². The molecule has 0 saturated carbocycles. The molecular formula is C13H9ClN4O. The van der Waals surface area contributed by atoms with Gasteiger partial charge < -0.3 is 0 Å². The minimum Gasteiger partial charge on any atom is -0.298 e. The molecule has 0 fully saturated rings. The number of pyridine rings is 1. The Bertz CT molecular complexity index is 781. The smallest absolute Gasteiger partial charge is 0.155 e. The fourth-order valence-electron chi connectivity index (χ4n) is 1.99. The predicted molar refractivity (Wildman–Crippen MR) is 71.4 cm³/mol. The summed E-state index contributed by atoms with van der Waals surface area (Å²) in [6.45, 7) is 1.73. The van der Waals surface area contributed by atoms with Crippen LogP contribution in [-0.2, 0) is 0 Å². The molecule has 5 nitrogen and oxygen atoms in total. The number of carbonyl (C=O) groups is 1. The van der Waals surface area contributed by atoms with Gasteiger partial charge >= 0.3 is 0 Å². The van der Waals surface area contributed by atoms with Gasteiger partial charge in [0, 0.05) is 12.4 Å². The molecule has 0 spiro atoms. The number of nitrogens with zero attached hydrogens (tertiary/aromatic N) is 4. The van der Waals surface area contributed by atoms with E-state index in [0.717, 1.165) is 11.3 Å². The maximum atomic E-state index is 11.2. The predicted octanol–water partition coefficient (Wildman–Crippen LogP) is 2.57. The van der Waals surface area contributed by atoms with Crippen LogP contribution in [0.25, 0.3) is 17.0 Å². The first kappa shape index (κ1) is 11.8. The maximum absolute atomic E-state index is 11.2. The number of hydrogen-bond donors (Lipinski definition) is 0. The van der Waals surface area contributed by atoms with Gasteiger partial charge in [0.15, 0.2) is 6.29 Å². The molecule has 3 aromatic heterocycles. The number of fused-ring (bicyclic) bond motifs is 1. The molecule has 0 amide bonds. The molecule has 0 radical (unpaired) electrons. The van der Waals surface area contributed by atoms with Gasteiger partial charge in [-0.25, -0.2) is 15.0 Å². The number of aryl methyl sites for hydroxylation is 1. The summed E-state index contributed by atoms with van der Waals surface area (Å²) < 4.78 is 1.85. The van der Waals surface area contributed by atoms with Gasteiger partial charge in [-0.3, -0.25) is 9.20 Å². The van der Waals surface area contributed by atoms with Gasteiger partial charge in [0.1, 0.15) is 22.3 Å². The molecule has 0 aliphatic carbocycles. The normalized spacial score (nSPS) is 10.8. The highest BCUT2D eigenvalue weighted by Crippen LogP contribution is 2.25. The number of aromatic nitrogens is 4. The molecule has 0 N–H and O–H groups in total. The van der Waals surface area contributed by atoms with Crippen LogP contribution in [0.4, 0.5) is 0 Å². The molecule has 0 atom stereocenters. The molecule has 19 heavy (non-hydrogen) atoms. The van der Waals surface area contributed by atoms with Crippen LogP contribution >= 0.6 is 11.6 Å². The average molecular weight is 273 g/mol. The van der Waals surface area contributed by atoms with Crippen molar-refractivity contribution in [3.8, 4) is 11.4 Å². The fraction of sp³-hybridized carbons (Fsp3) is 0.0769. The largest absolute Gasteiger partial charge is 0.298 e. The molecule has 3 aromatic rings. The first-order valence-electron chi connectivity index (χ1n) is 5.62. The zero-order valence-corrected chi connectivity index (χ0v) is 10.8. The Morgan fingerprint density at radius 2 is 2.16 bits per heavy atom. The highest BCUT2D eigenvalue weighted by atomic mass is 35.5. The Balaban J connectivity index is 2.38. The second kappa shape index (κ2) is 4.44. The van der Waals surface area contributed by atoms with Crippen LogP contribution < -0.4 is 0 Å². The van der Waals surface area contributed by atoms with E-state index in [-0.39, 0.29) is 10.7 Å². The Morgan fingerprint density at radius 3 is 2.95 bits per heavy atom. The summed E-state index contributed by atoms with van der Waals surface area (Å²) in [6, 6.07) is 5.59. The van der Waals surface area contributed by atoms with Crippen molar-refractivity contribution in [2.75, 3.05) is 0 Å². The summed E-state index contributed by atoms with van der Waals surface area (Å²) >= 11 is 6.00. The van der Waals surface area contributed by atoms with Gasteiger partial charge in [-0.1, -0.05) is 17.7 Å². The highest BCUT2D eigenvalue weighted by molar-refractivity contribution is 6.32. The maximum Gasteiger partial charge on any atom is 0.155 e. The number of carbonyl (C=O) groups excluding carboxylic acids is 1. The zero-order chi connectivity index (χ0) is 13.4. The SMILES string of the molecule is Cc1nc(Cl)c(C=O)c(-c2cccc3nccn23)n1. The summed E-state index contributed by atoms with van der Waals surface area (Å²) in [5, 5.41) is 0.162. The van der Waals surface area contributed by atoms with Crippen molar-refractivity contribution in [1.82, 2.24) is 19.4 Å². The lowest BCUT2D eigenvalue weighted by molar-refractivity contribution is 0.112. The first-order chi connectivity index (χ1) is 9.20. The van der Waals surface area contributed by atoms with Crippen molar-refractivity contribution >= 4 is 23.5 Å². The monoisotopic (exact) mass is 272 g/mol. The van der Waals surface area contributed by atoms with Gasteiger partial charge in [-0.05, 0) is 19.1 Å². The third-order valence-electron chi connectivity index (χ3n) is 2.80. The molecule has 0 bridgehead atoms. The van der Waals surface area contributed by atoms with E-state index in [1.807, 2.05) is 28.8 Å². The molecule has 0 aromatic carbocycles. The van der Waals surface area contributed by atoms with E-state index in [9.17, 15) is 4.79 Å². The molecule has 3 heterocycles. The van der Waals surface area contributed by atoms with E-state index in [2.05, 4.69) is 15.0 Å². The summed E-state index contributed by atoms with van der Waals surface area (Å²) in [5.41, 5.74) is 2.33. The lowest BCUT2D eigenvalue weighted by atomic mass is 10.1. The van der Waals surface area contributed by atoms with E-state index >= 15 is 0 Å². The lowest BCUT2D eigenvalue weighted by Gasteiger charge is -2.09. The lowest BCUT2D eigenvalue weighted by Crippen LogP contribution is -2.02. The van der Waals surface area contributed by atoms with Crippen LogP contribution in [0.2, 0.25) is 5.15 Å². The molecule has 6 heteroatoms. The zero-order valence-electron chi connectivity index (χ0n) is 10.0. The molecule has 0 aliphatic rings. The number of rotatable bonds is 2. The van der Waals surface area contributed by atoms with Crippen molar-refractivity contribution in [2.24, 2.45) is 0 Å². The van der Waals surface area contributed by atoms with E-state index in [1.165, 1.54) is 0 Å². The van der Waals surface area contributed by atoms with E-state index in [1.54, 1.807) is 13.1 Å². The summed E-state index contributed by atoms with van der Waals surface area (Å²) in [5.74, 6) is 0.516. The third-order valence-corrected chi connectivity index (χ3v) is 3.09. The molecule has 0 saturated heterocycles. The van der Waals surface area contributed by atoms with E-state index in [0.29, 0.717) is 17.8 Å². The van der Waals surface area contributed by atoms with E-state index in [4.69, 9.17) is 11.6 Å². The van der Waals surface area contributed by atoms with Crippen molar-refractivity contribution in [3.63, 3.8) is 0 Å². The van der Waals surface area contributed by atoms with Gasteiger partial charge in [-0.2, -0.15) is 0 Å². The molecule has 0 aliphatic heterocycles. The van der Waals surface area contributed by atoms with E-state index < -0.39 is 0 Å².